The second-order valence-electron chi connectivity index (χ2n) is 5.56. The van der Waals surface area contributed by atoms with Crippen molar-refractivity contribution >= 4 is 33.1 Å². The lowest BCUT2D eigenvalue weighted by molar-refractivity contribution is -0.116. The minimum absolute atomic E-state index is 0.0516. The zero-order chi connectivity index (χ0) is 16.6. The summed E-state index contributed by atoms with van der Waals surface area (Å²) in [5.41, 5.74) is 2.61. The predicted molar refractivity (Wildman–Crippen MR) is 93.2 cm³/mol. The molecular weight excluding hydrogens is 310 g/mol. The zero-order valence-corrected chi connectivity index (χ0v) is 14.0. The van der Waals surface area contributed by atoms with E-state index < -0.39 is 0 Å². The minimum Gasteiger partial charge on any atom is -0.325 e. The monoisotopic (exact) mass is 327 g/mol. The molecule has 1 aromatic carbocycles. The van der Waals surface area contributed by atoms with Crippen LogP contribution in [-0.2, 0) is 11.3 Å². The third-order valence-corrected chi connectivity index (χ3v) is 4.92. The van der Waals surface area contributed by atoms with Crippen LogP contribution in [-0.4, -0.2) is 15.5 Å². The van der Waals surface area contributed by atoms with Gasteiger partial charge in [0.05, 0.1) is 11.7 Å². The van der Waals surface area contributed by atoms with Crippen molar-refractivity contribution in [1.82, 2.24) is 9.55 Å². The van der Waals surface area contributed by atoms with Crippen LogP contribution in [0.25, 0.3) is 10.2 Å². The fraction of sp³-hybridized carbons (Fsp3) is 0.235. The van der Waals surface area contributed by atoms with Gasteiger partial charge in [-0.25, -0.2) is 4.98 Å². The highest BCUT2D eigenvalue weighted by Crippen LogP contribution is 2.25. The molecule has 1 amide bonds. The summed E-state index contributed by atoms with van der Waals surface area (Å²) in [6.45, 7) is 5.81. The van der Waals surface area contributed by atoms with Crippen molar-refractivity contribution in [3.8, 4) is 0 Å². The lowest BCUT2D eigenvalue weighted by Crippen LogP contribution is -2.27. The summed E-state index contributed by atoms with van der Waals surface area (Å²) in [5, 5.41) is 3.40. The maximum absolute atomic E-state index is 12.5. The van der Waals surface area contributed by atoms with Crippen molar-refractivity contribution in [3.05, 3.63) is 57.0 Å². The lowest BCUT2D eigenvalue weighted by Gasteiger charge is -2.07. The molecule has 2 aromatic heterocycles. The van der Waals surface area contributed by atoms with Gasteiger partial charge in [-0.2, -0.15) is 0 Å². The first-order valence-electron chi connectivity index (χ1n) is 7.27. The fourth-order valence-electron chi connectivity index (χ4n) is 2.37. The van der Waals surface area contributed by atoms with Crippen molar-refractivity contribution in [1.29, 1.82) is 0 Å². The normalized spacial score (nSPS) is 10.9. The quantitative estimate of drug-likeness (QED) is 0.804. The molecule has 23 heavy (non-hydrogen) atoms. The first-order valence-corrected chi connectivity index (χ1v) is 8.09. The Bertz CT molecular complexity index is 939. The van der Waals surface area contributed by atoms with Crippen LogP contribution in [0.5, 0.6) is 0 Å². The second kappa shape index (κ2) is 5.96. The number of rotatable bonds is 3. The van der Waals surface area contributed by atoms with Crippen molar-refractivity contribution in [2.75, 3.05) is 5.32 Å². The van der Waals surface area contributed by atoms with E-state index >= 15 is 0 Å². The largest absolute Gasteiger partial charge is 0.325 e. The molecule has 2 heterocycles. The van der Waals surface area contributed by atoms with Crippen LogP contribution >= 0.6 is 11.3 Å². The molecule has 0 aliphatic rings. The number of carbonyl (C=O) groups excluding carboxylic acids is 1. The molecule has 0 spiro atoms. The molecule has 118 valence electrons. The summed E-state index contributed by atoms with van der Waals surface area (Å²) in [5.74, 6) is -0.248. The van der Waals surface area contributed by atoms with E-state index in [-0.39, 0.29) is 18.0 Å². The molecule has 0 aliphatic heterocycles. The highest BCUT2D eigenvalue weighted by Gasteiger charge is 2.13. The molecule has 5 nitrogen and oxygen atoms in total. The van der Waals surface area contributed by atoms with Gasteiger partial charge in [0.2, 0.25) is 5.91 Å². The zero-order valence-electron chi connectivity index (χ0n) is 13.2. The maximum atomic E-state index is 12.5. The highest BCUT2D eigenvalue weighted by molar-refractivity contribution is 7.18. The summed E-state index contributed by atoms with van der Waals surface area (Å²) >= 11 is 1.50. The number of hydrogen-bond donors (Lipinski definition) is 1. The van der Waals surface area contributed by atoms with Gasteiger partial charge in [0.1, 0.15) is 11.4 Å². The number of nitrogens with one attached hydrogen (secondary N) is 1. The SMILES string of the molecule is Cc1ccc(NC(=O)Cn2cnc3sc(C)c(C)c3c2=O)cc1. The molecule has 0 unspecified atom stereocenters. The van der Waals surface area contributed by atoms with Crippen LogP contribution in [0.4, 0.5) is 5.69 Å². The van der Waals surface area contributed by atoms with Gasteiger partial charge in [0.15, 0.2) is 0 Å². The van der Waals surface area contributed by atoms with Crippen LogP contribution < -0.4 is 10.9 Å². The first kappa shape index (κ1) is 15.4. The molecule has 6 heteroatoms. The van der Waals surface area contributed by atoms with E-state index in [2.05, 4.69) is 10.3 Å². The van der Waals surface area contributed by atoms with Crippen molar-refractivity contribution in [2.24, 2.45) is 0 Å². The van der Waals surface area contributed by atoms with Crippen molar-refractivity contribution in [3.63, 3.8) is 0 Å². The molecule has 0 atom stereocenters. The average molecular weight is 327 g/mol. The van der Waals surface area contributed by atoms with Crippen molar-refractivity contribution in [2.45, 2.75) is 27.3 Å². The Morgan fingerprint density at radius 2 is 1.91 bits per heavy atom. The molecule has 0 aliphatic carbocycles. The summed E-state index contributed by atoms with van der Waals surface area (Å²) in [6, 6.07) is 7.52. The molecule has 0 bridgehead atoms. The van der Waals surface area contributed by atoms with Crippen LogP contribution in [0.3, 0.4) is 0 Å². The summed E-state index contributed by atoms with van der Waals surface area (Å²) < 4.78 is 1.35. The minimum atomic E-state index is -0.248. The molecule has 0 saturated heterocycles. The van der Waals surface area contributed by atoms with Crippen LogP contribution in [0.1, 0.15) is 16.0 Å². The van der Waals surface area contributed by atoms with E-state index in [9.17, 15) is 9.59 Å². The Hall–Kier alpha value is -2.47. The number of aromatic nitrogens is 2. The van der Waals surface area contributed by atoms with Crippen molar-refractivity contribution < 1.29 is 4.79 Å². The molecule has 1 N–H and O–H groups in total. The van der Waals surface area contributed by atoms with Gasteiger partial charge >= 0.3 is 0 Å². The number of benzene rings is 1. The Labute approximate surface area is 137 Å². The van der Waals surface area contributed by atoms with E-state index in [4.69, 9.17) is 0 Å². The molecule has 0 fully saturated rings. The van der Waals surface area contributed by atoms with E-state index in [1.54, 1.807) is 0 Å². The van der Waals surface area contributed by atoms with Gasteiger partial charge in [-0.15, -0.1) is 11.3 Å². The van der Waals surface area contributed by atoms with Crippen LogP contribution in [0.15, 0.2) is 35.4 Å². The average Bonchev–Trinajstić information content (AvgIpc) is 2.80. The van der Waals surface area contributed by atoms with Gasteiger partial charge in [-0.3, -0.25) is 14.2 Å². The van der Waals surface area contributed by atoms with Crippen LogP contribution in [0, 0.1) is 20.8 Å². The number of aryl methyl sites for hydroxylation is 3. The van der Waals surface area contributed by atoms with Crippen LogP contribution in [0.2, 0.25) is 0 Å². The lowest BCUT2D eigenvalue weighted by atomic mass is 10.2. The van der Waals surface area contributed by atoms with E-state index in [1.807, 2.05) is 45.0 Å². The fourth-order valence-corrected chi connectivity index (χ4v) is 3.36. The second-order valence-corrected chi connectivity index (χ2v) is 6.76. The molecule has 3 rings (SSSR count). The summed E-state index contributed by atoms with van der Waals surface area (Å²) in [7, 11) is 0. The van der Waals surface area contributed by atoms with E-state index in [0.29, 0.717) is 11.1 Å². The number of fused-ring (bicyclic) bond motifs is 1. The number of anilines is 1. The van der Waals surface area contributed by atoms with Gasteiger partial charge in [-0.1, -0.05) is 17.7 Å². The van der Waals surface area contributed by atoms with Gasteiger partial charge in [0.25, 0.3) is 5.56 Å². The molecule has 3 aromatic rings. The predicted octanol–water partition coefficient (Wildman–Crippen LogP) is 3.02. The highest BCUT2D eigenvalue weighted by atomic mass is 32.1. The van der Waals surface area contributed by atoms with E-state index in [1.165, 1.54) is 22.2 Å². The third kappa shape index (κ3) is 3.03. The smallest absolute Gasteiger partial charge is 0.262 e. The Balaban J connectivity index is 1.85. The van der Waals surface area contributed by atoms with E-state index in [0.717, 1.165) is 20.8 Å². The summed E-state index contributed by atoms with van der Waals surface area (Å²) in [4.78, 5) is 30.8. The summed E-state index contributed by atoms with van der Waals surface area (Å²) in [6.07, 6.45) is 1.44. The molecule has 0 radical (unpaired) electrons. The number of amides is 1. The van der Waals surface area contributed by atoms with Gasteiger partial charge in [0, 0.05) is 10.6 Å². The molecular formula is C17H17N3O2S. The Morgan fingerprint density at radius 1 is 1.22 bits per heavy atom. The third-order valence-electron chi connectivity index (χ3n) is 3.81. The first-order chi connectivity index (χ1) is 11.0. The van der Waals surface area contributed by atoms with Gasteiger partial charge in [-0.05, 0) is 38.5 Å². The topological polar surface area (TPSA) is 64.0 Å². The number of nitrogens with zero attached hydrogens (tertiary/aromatic N) is 2. The maximum Gasteiger partial charge on any atom is 0.262 e. The Morgan fingerprint density at radius 3 is 2.61 bits per heavy atom. The number of carbonyl (C=O) groups is 1. The van der Waals surface area contributed by atoms with Gasteiger partial charge < -0.3 is 5.32 Å². The standard InChI is InChI=1S/C17H17N3O2S/c1-10-4-6-13(7-5-10)19-14(21)8-20-9-18-16-15(17(20)22)11(2)12(3)23-16/h4-7,9H,8H2,1-3H3,(H,19,21). The number of thiophene rings is 1. The number of hydrogen-bond acceptors (Lipinski definition) is 4. The Kier molecular flexibility index (Phi) is 4.00. The molecule has 0 saturated carbocycles.